The van der Waals surface area contributed by atoms with Crippen LogP contribution in [0.15, 0.2) is 34.5 Å². The van der Waals surface area contributed by atoms with Gasteiger partial charge >= 0.3 is 0 Å². The number of aryl methyl sites for hydroxylation is 1. The fourth-order valence-electron chi connectivity index (χ4n) is 2.67. The van der Waals surface area contributed by atoms with Gasteiger partial charge in [0, 0.05) is 18.5 Å². The smallest absolute Gasteiger partial charge is 0.220 e. The first-order valence-electron chi connectivity index (χ1n) is 7.06. The molecule has 7 nitrogen and oxygen atoms in total. The van der Waals surface area contributed by atoms with Crippen molar-refractivity contribution in [3.8, 4) is 5.88 Å². The number of sulfone groups is 1. The fraction of sp³-hybridized carbons (Fsp3) is 0.357. The number of nitrogens with one attached hydrogen (secondary N) is 1. The van der Waals surface area contributed by atoms with Crippen LogP contribution in [0, 0.1) is 0 Å². The molecule has 1 atom stereocenters. The van der Waals surface area contributed by atoms with Gasteiger partial charge in [-0.3, -0.25) is 0 Å². The number of benzene rings is 1. The Bertz CT molecular complexity index is 902. The van der Waals surface area contributed by atoms with Gasteiger partial charge in [0.05, 0.1) is 17.0 Å². The summed E-state index contributed by atoms with van der Waals surface area (Å²) >= 11 is 5.08. The molecule has 2 heterocycles. The maximum Gasteiger partial charge on any atom is 0.220 e. The van der Waals surface area contributed by atoms with Crippen molar-refractivity contribution in [2.75, 3.05) is 11.5 Å². The normalized spacial score (nSPS) is 20.3. The SMILES string of the molecule is Cn1c(O)c(N=NC(=S)N[C@@H]2CCS(=O)(=O)C2)c2ccccc21. The molecule has 0 spiro atoms. The molecule has 0 bridgehead atoms. The Hall–Kier alpha value is -2.00. The number of azo groups is 1. The van der Waals surface area contributed by atoms with Crippen molar-refractivity contribution < 1.29 is 13.5 Å². The number of rotatable bonds is 2. The lowest BCUT2D eigenvalue weighted by Gasteiger charge is -2.08. The molecular weight excluding hydrogens is 336 g/mol. The summed E-state index contributed by atoms with van der Waals surface area (Å²) in [5.74, 6) is 0.220. The Morgan fingerprint density at radius 3 is 2.87 bits per heavy atom. The van der Waals surface area contributed by atoms with Crippen molar-refractivity contribution in [2.45, 2.75) is 12.5 Å². The predicted molar refractivity (Wildman–Crippen MR) is 91.9 cm³/mol. The average Bonchev–Trinajstić information content (AvgIpc) is 2.96. The van der Waals surface area contributed by atoms with E-state index in [1.807, 2.05) is 24.3 Å². The van der Waals surface area contributed by atoms with Crippen LogP contribution in [0.2, 0.25) is 0 Å². The van der Waals surface area contributed by atoms with Gasteiger partial charge in [0.15, 0.2) is 15.5 Å². The highest BCUT2D eigenvalue weighted by Gasteiger charge is 2.28. The van der Waals surface area contributed by atoms with Crippen LogP contribution in [0.5, 0.6) is 5.88 Å². The molecule has 1 aromatic carbocycles. The highest BCUT2D eigenvalue weighted by molar-refractivity contribution is 7.91. The molecule has 0 saturated carbocycles. The third kappa shape index (κ3) is 3.20. The van der Waals surface area contributed by atoms with E-state index >= 15 is 0 Å². The summed E-state index contributed by atoms with van der Waals surface area (Å²) in [6.45, 7) is 0. The molecule has 122 valence electrons. The summed E-state index contributed by atoms with van der Waals surface area (Å²) in [5, 5.41) is 21.9. The van der Waals surface area contributed by atoms with E-state index in [4.69, 9.17) is 12.2 Å². The monoisotopic (exact) mass is 352 g/mol. The minimum absolute atomic E-state index is 0.00111. The van der Waals surface area contributed by atoms with Crippen molar-refractivity contribution in [2.24, 2.45) is 17.3 Å². The van der Waals surface area contributed by atoms with Crippen LogP contribution < -0.4 is 5.32 Å². The van der Waals surface area contributed by atoms with Crippen molar-refractivity contribution >= 4 is 43.8 Å². The summed E-state index contributed by atoms with van der Waals surface area (Å²) in [5.41, 5.74) is 1.17. The van der Waals surface area contributed by atoms with Crippen LogP contribution >= 0.6 is 12.2 Å². The Morgan fingerprint density at radius 2 is 2.17 bits per heavy atom. The quantitative estimate of drug-likeness (QED) is 0.637. The lowest BCUT2D eigenvalue weighted by molar-refractivity contribution is 0.436. The van der Waals surface area contributed by atoms with E-state index < -0.39 is 9.84 Å². The highest BCUT2D eigenvalue weighted by Crippen LogP contribution is 2.37. The van der Waals surface area contributed by atoms with Crippen molar-refractivity contribution in [1.82, 2.24) is 9.88 Å². The van der Waals surface area contributed by atoms with Gasteiger partial charge in [0.25, 0.3) is 0 Å². The van der Waals surface area contributed by atoms with Crippen molar-refractivity contribution in [1.29, 1.82) is 0 Å². The lowest BCUT2D eigenvalue weighted by atomic mass is 10.2. The topological polar surface area (TPSA) is 96.0 Å². The molecule has 1 aliphatic rings. The molecule has 1 aliphatic heterocycles. The first-order chi connectivity index (χ1) is 10.9. The highest BCUT2D eigenvalue weighted by atomic mass is 32.2. The second kappa shape index (κ2) is 5.89. The fourth-order valence-corrected chi connectivity index (χ4v) is 4.55. The van der Waals surface area contributed by atoms with Crippen LogP contribution in [0.1, 0.15) is 6.42 Å². The maximum atomic E-state index is 11.4. The predicted octanol–water partition coefficient (Wildman–Crippen LogP) is 2.03. The third-order valence-electron chi connectivity index (χ3n) is 3.85. The summed E-state index contributed by atoms with van der Waals surface area (Å²) in [6.07, 6.45) is 0.511. The van der Waals surface area contributed by atoms with Gasteiger partial charge in [0.2, 0.25) is 11.0 Å². The number of fused-ring (bicyclic) bond motifs is 1. The number of thiocarbonyl (C=S) groups is 1. The molecule has 1 fully saturated rings. The van der Waals surface area contributed by atoms with Gasteiger partial charge in [-0.05, 0) is 24.7 Å². The van der Waals surface area contributed by atoms with E-state index in [2.05, 4.69) is 15.5 Å². The Morgan fingerprint density at radius 1 is 1.43 bits per heavy atom. The summed E-state index contributed by atoms with van der Waals surface area (Å²) in [4.78, 5) is 0. The number of hydrogen-bond donors (Lipinski definition) is 2. The largest absolute Gasteiger partial charge is 0.493 e. The maximum absolute atomic E-state index is 11.4. The van der Waals surface area contributed by atoms with Crippen LogP contribution in [0.3, 0.4) is 0 Å². The molecule has 1 saturated heterocycles. The first kappa shape index (κ1) is 15.9. The Labute approximate surface area is 138 Å². The van der Waals surface area contributed by atoms with E-state index in [0.717, 1.165) is 10.9 Å². The number of hydrogen-bond acceptors (Lipinski definition) is 5. The molecule has 0 unspecified atom stereocenters. The van der Waals surface area contributed by atoms with Crippen LogP contribution in [0.4, 0.5) is 5.69 Å². The molecule has 2 N–H and O–H groups in total. The molecule has 3 rings (SSSR count). The van der Waals surface area contributed by atoms with E-state index in [-0.39, 0.29) is 28.5 Å². The minimum atomic E-state index is -2.98. The molecular formula is C14H16N4O3S2. The zero-order valence-corrected chi connectivity index (χ0v) is 14.1. The van der Waals surface area contributed by atoms with Crippen molar-refractivity contribution in [3.05, 3.63) is 24.3 Å². The number of aromatic hydroxyl groups is 1. The molecule has 1 aromatic heterocycles. The van der Waals surface area contributed by atoms with Gasteiger partial charge in [-0.2, -0.15) is 0 Å². The summed E-state index contributed by atoms with van der Waals surface area (Å²) in [6, 6.07) is 7.20. The summed E-state index contributed by atoms with van der Waals surface area (Å²) in [7, 11) is -1.25. The molecule has 0 aliphatic carbocycles. The molecule has 0 radical (unpaired) electrons. The van der Waals surface area contributed by atoms with Crippen molar-refractivity contribution in [3.63, 3.8) is 0 Å². The third-order valence-corrected chi connectivity index (χ3v) is 5.82. The van der Waals surface area contributed by atoms with Gasteiger partial charge < -0.3 is 15.0 Å². The van der Waals surface area contributed by atoms with Crippen LogP contribution in [-0.2, 0) is 16.9 Å². The Kier molecular flexibility index (Phi) is 4.07. The minimum Gasteiger partial charge on any atom is -0.493 e. The Balaban J connectivity index is 1.78. The first-order valence-corrected chi connectivity index (χ1v) is 9.29. The molecule has 2 aromatic rings. The average molecular weight is 352 g/mol. The van der Waals surface area contributed by atoms with Crippen LogP contribution in [0.25, 0.3) is 10.9 Å². The zero-order valence-electron chi connectivity index (χ0n) is 12.4. The van der Waals surface area contributed by atoms with E-state index in [0.29, 0.717) is 12.1 Å². The second-order valence-corrected chi connectivity index (χ2v) is 8.11. The summed E-state index contributed by atoms with van der Waals surface area (Å²) < 4.78 is 24.5. The van der Waals surface area contributed by atoms with Gasteiger partial charge in [0.1, 0.15) is 0 Å². The molecule has 9 heteroatoms. The van der Waals surface area contributed by atoms with Gasteiger partial charge in [-0.15, -0.1) is 10.2 Å². The van der Waals surface area contributed by atoms with E-state index in [1.54, 1.807) is 11.6 Å². The number of aromatic nitrogens is 1. The van der Waals surface area contributed by atoms with E-state index in [9.17, 15) is 13.5 Å². The van der Waals surface area contributed by atoms with Gasteiger partial charge in [-0.1, -0.05) is 18.2 Å². The van der Waals surface area contributed by atoms with Crippen LogP contribution in [-0.4, -0.2) is 40.8 Å². The van der Waals surface area contributed by atoms with Gasteiger partial charge in [-0.25, -0.2) is 8.42 Å². The lowest BCUT2D eigenvalue weighted by Crippen LogP contribution is -2.33. The number of nitrogens with zero attached hydrogens (tertiary/aromatic N) is 3. The van der Waals surface area contributed by atoms with E-state index in [1.165, 1.54) is 0 Å². The second-order valence-electron chi connectivity index (χ2n) is 5.50. The molecule has 23 heavy (non-hydrogen) atoms. The standard InChI is InChI=1S/C14H16N4O3S2/c1-18-11-5-3-2-4-10(11)12(13(18)19)16-17-14(22)15-9-6-7-23(20,21)8-9/h2-5,9,19H,6-8H2,1H3,(H,15,22)/t9-/m1/s1. The number of para-hydroxylation sites is 1. The zero-order chi connectivity index (χ0) is 16.6. The molecule has 0 amide bonds.